The maximum atomic E-state index is 14.0. The van der Waals surface area contributed by atoms with Crippen LogP contribution in [0.25, 0.3) is 17.4 Å². The average Bonchev–Trinajstić information content (AvgIpc) is 3.56. The molecule has 5 rings (SSSR count). The minimum atomic E-state index is -1.02. The van der Waals surface area contributed by atoms with E-state index < -0.39 is 18.0 Å². The normalized spacial score (nSPS) is 14.8. The zero-order chi connectivity index (χ0) is 30.1. The minimum Gasteiger partial charge on any atom is -0.496 e. The van der Waals surface area contributed by atoms with E-state index in [9.17, 15) is 14.4 Å². The Hall–Kier alpha value is -4.42. The van der Waals surface area contributed by atoms with Crippen LogP contribution in [-0.4, -0.2) is 42.4 Å². The van der Waals surface area contributed by atoms with Crippen LogP contribution in [0.1, 0.15) is 41.6 Å². The number of halogens is 1. The van der Waals surface area contributed by atoms with Gasteiger partial charge in [-0.3, -0.25) is 9.36 Å². The summed E-state index contributed by atoms with van der Waals surface area (Å²) in [5, 5.41) is 9.15. The molecule has 216 valence electrons. The highest BCUT2D eigenvalue weighted by Crippen LogP contribution is 2.41. The van der Waals surface area contributed by atoms with Crippen LogP contribution in [0.5, 0.6) is 11.5 Å². The van der Waals surface area contributed by atoms with Crippen molar-refractivity contribution >= 4 is 45.3 Å². The molecule has 10 nitrogen and oxygen atoms in total. The number of allylic oxidation sites excluding steroid dienone is 1. The van der Waals surface area contributed by atoms with Crippen LogP contribution in [0.3, 0.4) is 0 Å². The fraction of sp³-hybridized carbons (Fsp3) is 0.200. The highest BCUT2D eigenvalue weighted by atomic mass is 79.9. The molecule has 0 saturated heterocycles. The molecule has 0 bridgehead atoms. The van der Waals surface area contributed by atoms with Gasteiger partial charge in [-0.2, -0.15) is 0 Å². The van der Waals surface area contributed by atoms with Crippen LogP contribution in [0.2, 0.25) is 0 Å². The van der Waals surface area contributed by atoms with E-state index in [4.69, 9.17) is 23.7 Å². The number of furan rings is 1. The number of thiazole rings is 1. The lowest BCUT2D eigenvalue weighted by Gasteiger charge is -2.26. The standard InChI is InChI=1S/C30H25BrN2O8S/c1-5-40-29(37)25-15(2)32-30-33(26(25)19-13-20(31)23(39-4)14-22(19)38-3)27(34)24(42-30)12-18-10-11-21(41-18)16-6-8-17(9-7-16)28(35)36/h6-14,26H,5H2,1-4H3,(H,35,36)/b24-12+/t26-/m1/s1. The third kappa shape index (κ3) is 5.30. The number of aromatic carboxylic acids is 1. The van der Waals surface area contributed by atoms with Crippen molar-refractivity contribution in [3.63, 3.8) is 0 Å². The molecule has 0 spiro atoms. The van der Waals surface area contributed by atoms with Crippen molar-refractivity contribution in [3.05, 3.63) is 101 Å². The van der Waals surface area contributed by atoms with Gasteiger partial charge in [-0.15, -0.1) is 0 Å². The molecule has 1 aliphatic heterocycles. The topological polar surface area (TPSA) is 130 Å². The first-order valence-electron chi connectivity index (χ1n) is 12.7. The number of hydrogen-bond acceptors (Lipinski definition) is 9. The number of carbonyl (C=O) groups excluding carboxylic acids is 1. The van der Waals surface area contributed by atoms with Crippen LogP contribution in [-0.2, 0) is 9.53 Å². The second kappa shape index (κ2) is 11.8. The number of carbonyl (C=O) groups is 2. The summed E-state index contributed by atoms with van der Waals surface area (Å²) in [6.45, 7) is 3.56. The largest absolute Gasteiger partial charge is 0.496 e. The molecule has 12 heteroatoms. The van der Waals surface area contributed by atoms with Crippen LogP contribution < -0.4 is 24.4 Å². The summed E-state index contributed by atoms with van der Waals surface area (Å²) in [5.41, 5.74) is 1.66. The minimum absolute atomic E-state index is 0.149. The van der Waals surface area contributed by atoms with E-state index in [2.05, 4.69) is 20.9 Å². The van der Waals surface area contributed by atoms with Crippen molar-refractivity contribution in [2.45, 2.75) is 19.9 Å². The summed E-state index contributed by atoms with van der Waals surface area (Å²) in [7, 11) is 3.03. The molecule has 0 aliphatic carbocycles. The first-order valence-corrected chi connectivity index (χ1v) is 14.3. The van der Waals surface area contributed by atoms with Gasteiger partial charge in [0.2, 0.25) is 0 Å². The second-order valence-corrected chi connectivity index (χ2v) is 11.0. The van der Waals surface area contributed by atoms with Crippen molar-refractivity contribution in [2.24, 2.45) is 4.99 Å². The quantitative estimate of drug-likeness (QED) is 0.275. The van der Waals surface area contributed by atoms with Crippen molar-refractivity contribution in [3.8, 4) is 22.8 Å². The lowest BCUT2D eigenvalue weighted by atomic mass is 9.95. The fourth-order valence-corrected chi connectivity index (χ4v) is 6.22. The van der Waals surface area contributed by atoms with Crippen molar-refractivity contribution in [1.82, 2.24) is 4.57 Å². The molecular weight excluding hydrogens is 628 g/mol. The monoisotopic (exact) mass is 652 g/mol. The zero-order valence-corrected chi connectivity index (χ0v) is 25.4. The van der Waals surface area contributed by atoms with Gasteiger partial charge in [0, 0.05) is 23.3 Å². The van der Waals surface area contributed by atoms with Gasteiger partial charge < -0.3 is 23.7 Å². The Bertz CT molecular complexity index is 1920. The Morgan fingerprint density at radius 1 is 1.12 bits per heavy atom. The van der Waals surface area contributed by atoms with Gasteiger partial charge in [0.05, 0.1) is 46.7 Å². The molecule has 0 amide bonds. The summed E-state index contributed by atoms with van der Waals surface area (Å²) in [6, 6.07) is 12.3. The molecular formula is C30H25BrN2O8S. The molecule has 4 aromatic rings. The molecule has 0 fully saturated rings. The molecule has 0 radical (unpaired) electrons. The third-order valence-corrected chi connectivity index (χ3v) is 8.23. The van der Waals surface area contributed by atoms with Crippen LogP contribution in [0.15, 0.2) is 78.5 Å². The van der Waals surface area contributed by atoms with Gasteiger partial charge in [-0.05, 0) is 60.1 Å². The van der Waals surface area contributed by atoms with Gasteiger partial charge in [-0.1, -0.05) is 23.5 Å². The van der Waals surface area contributed by atoms with E-state index in [0.29, 0.717) is 53.6 Å². The number of benzene rings is 2. The van der Waals surface area contributed by atoms with E-state index in [1.807, 2.05) is 0 Å². The number of aromatic nitrogens is 1. The van der Waals surface area contributed by atoms with E-state index in [0.717, 1.165) is 11.3 Å². The molecule has 3 heterocycles. The number of methoxy groups -OCH3 is 2. The van der Waals surface area contributed by atoms with Crippen molar-refractivity contribution < 1.29 is 33.3 Å². The number of carboxylic acids is 1. The Kier molecular flexibility index (Phi) is 8.19. The van der Waals surface area contributed by atoms with Crippen molar-refractivity contribution in [1.29, 1.82) is 0 Å². The van der Waals surface area contributed by atoms with Gasteiger partial charge in [0.15, 0.2) is 4.80 Å². The summed E-state index contributed by atoms with van der Waals surface area (Å²) in [5.74, 6) is 0.258. The SMILES string of the molecule is CCOC(=O)C1=C(C)N=c2s/c(=C/c3ccc(-c4ccc(C(=O)O)cc4)o3)c(=O)n2[C@@H]1c1cc(Br)c(OC)cc1OC. The highest BCUT2D eigenvalue weighted by molar-refractivity contribution is 9.10. The Labute approximate surface area is 251 Å². The first kappa shape index (κ1) is 29.1. The number of rotatable bonds is 8. The fourth-order valence-electron chi connectivity index (χ4n) is 4.67. The van der Waals surface area contributed by atoms with Crippen molar-refractivity contribution in [2.75, 3.05) is 20.8 Å². The van der Waals surface area contributed by atoms with E-state index in [1.165, 1.54) is 30.9 Å². The van der Waals surface area contributed by atoms with E-state index >= 15 is 0 Å². The van der Waals surface area contributed by atoms with Crippen LogP contribution in [0, 0.1) is 0 Å². The first-order chi connectivity index (χ1) is 20.2. The predicted molar refractivity (Wildman–Crippen MR) is 159 cm³/mol. The number of fused-ring (bicyclic) bond motifs is 1. The second-order valence-electron chi connectivity index (χ2n) is 9.12. The summed E-state index contributed by atoms with van der Waals surface area (Å²) in [6.07, 6.45) is 1.61. The molecule has 1 N–H and O–H groups in total. The predicted octanol–water partition coefficient (Wildman–Crippen LogP) is 4.54. The molecule has 0 saturated carbocycles. The third-order valence-electron chi connectivity index (χ3n) is 6.63. The van der Waals surface area contributed by atoms with Crippen LogP contribution in [0.4, 0.5) is 0 Å². The Balaban J connectivity index is 1.65. The molecule has 1 atom stereocenters. The molecule has 0 unspecified atom stereocenters. The van der Waals surface area contributed by atoms with Crippen LogP contribution >= 0.6 is 27.3 Å². The highest BCUT2D eigenvalue weighted by Gasteiger charge is 2.35. The molecule has 2 aromatic heterocycles. The van der Waals surface area contributed by atoms with E-state index in [1.54, 1.807) is 56.3 Å². The lowest BCUT2D eigenvalue weighted by molar-refractivity contribution is -0.139. The van der Waals surface area contributed by atoms with Gasteiger partial charge in [0.25, 0.3) is 5.56 Å². The summed E-state index contributed by atoms with van der Waals surface area (Å²) < 4.78 is 24.8. The Morgan fingerprint density at radius 3 is 2.48 bits per heavy atom. The van der Waals surface area contributed by atoms with Gasteiger partial charge in [0.1, 0.15) is 29.1 Å². The lowest BCUT2D eigenvalue weighted by Crippen LogP contribution is -2.40. The van der Waals surface area contributed by atoms with Gasteiger partial charge >= 0.3 is 11.9 Å². The number of nitrogens with zero attached hydrogens (tertiary/aromatic N) is 2. The maximum Gasteiger partial charge on any atom is 0.338 e. The number of ether oxygens (including phenoxy) is 3. The van der Waals surface area contributed by atoms with E-state index in [-0.39, 0.29) is 23.3 Å². The van der Waals surface area contributed by atoms with Gasteiger partial charge in [-0.25, -0.2) is 14.6 Å². The number of esters is 1. The zero-order valence-electron chi connectivity index (χ0n) is 23.0. The Morgan fingerprint density at radius 2 is 1.83 bits per heavy atom. The maximum absolute atomic E-state index is 14.0. The number of hydrogen-bond donors (Lipinski definition) is 1. The number of carboxylic acid groups (broad SMARTS) is 1. The molecule has 2 aromatic carbocycles. The molecule has 1 aliphatic rings. The molecule has 42 heavy (non-hydrogen) atoms. The smallest absolute Gasteiger partial charge is 0.338 e. The summed E-state index contributed by atoms with van der Waals surface area (Å²) >= 11 is 4.67. The summed E-state index contributed by atoms with van der Waals surface area (Å²) in [4.78, 5) is 43.3. The average molecular weight is 654 g/mol.